The average Bonchev–Trinajstić information content (AvgIpc) is 3.27. The van der Waals surface area contributed by atoms with Crippen LogP contribution >= 0.6 is 7.26 Å². The Morgan fingerprint density at radius 1 is 0.743 bits per heavy atom. The van der Waals surface area contributed by atoms with E-state index in [1.807, 2.05) is 23.1 Å². The first-order valence-electron chi connectivity index (χ1n) is 11.7. The third-order valence-electron chi connectivity index (χ3n) is 6.75. The number of nitrogens with zero attached hydrogens (tertiary/aromatic N) is 2. The van der Waals surface area contributed by atoms with Crippen molar-refractivity contribution in [2.75, 3.05) is 6.54 Å². The number of benzene rings is 4. The minimum Gasteiger partial charge on any atom is -0.335 e. The van der Waals surface area contributed by atoms with Gasteiger partial charge in [-0.2, -0.15) is 0 Å². The van der Waals surface area contributed by atoms with Crippen LogP contribution in [0.4, 0.5) is 5.69 Å². The Labute approximate surface area is 205 Å². The molecule has 5 rings (SSSR count). The maximum atomic E-state index is 14.1. The van der Waals surface area contributed by atoms with Crippen LogP contribution in [0.2, 0.25) is 0 Å². The van der Waals surface area contributed by atoms with Crippen LogP contribution in [-0.4, -0.2) is 27.9 Å². The normalized spacial score (nSPS) is 15.8. The van der Waals surface area contributed by atoms with Gasteiger partial charge in [0, 0.05) is 31.6 Å². The number of non-ortho nitro benzene ring substituents is 1. The second kappa shape index (κ2) is 9.81. The Hall–Kier alpha value is -3.82. The molecule has 1 aliphatic heterocycles. The molecule has 4 aromatic rings. The van der Waals surface area contributed by atoms with E-state index < -0.39 is 12.2 Å². The highest BCUT2D eigenvalue weighted by molar-refractivity contribution is 7.96. The van der Waals surface area contributed by atoms with Crippen molar-refractivity contribution in [3.63, 3.8) is 0 Å². The van der Waals surface area contributed by atoms with Gasteiger partial charge >= 0.3 is 0 Å². The van der Waals surface area contributed by atoms with Gasteiger partial charge in [0.1, 0.15) is 23.2 Å². The quantitative estimate of drug-likeness (QED) is 0.219. The number of likely N-dealkylation sites (tertiary alicyclic amines) is 1. The zero-order valence-corrected chi connectivity index (χ0v) is 20.1. The van der Waals surface area contributed by atoms with Gasteiger partial charge < -0.3 is 4.90 Å². The lowest BCUT2D eigenvalue weighted by molar-refractivity contribution is -0.384. The summed E-state index contributed by atoms with van der Waals surface area (Å²) in [4.78, 5) is 26.6. The fourth-order valence-electron chi connectivity index (χ4n) is 5.16. The molecule has 6 heteroatoms. The maximum absolute atomic E-state index is 14.1. The summed E-state index contributed by atoms with van der Waals surface area (Å²) in [5, 5.41) is 14.6. The molecule has 5 nitrogen and oxygen atoms in total. The molecule has 0 saturated carbocycles. The van der Waals surface area contributed by atoms with Crippen LogP contribution in [0.15, 0.2) is 115 Å². The molecule has 0 spiro atoms. The molecule has 0 bridgehead atoms. The largest absolute Gasteiger partial charge is 0.335 e. The molecule has 0 unspecified atom stereocenters. The summed E-state index contributed by atoms with van der Waals surface area (Å²) in [5.41, 5.74) is 0.780. The molecule has 0 aliphatic carbocycles. The molecule has 1 fully saturated rings. The highest BCUT2D eigenvalue weighted by atomic mass is 31.2. The molecule has 1 saturated heterocycles. The lowest BCUT2D eigenvalue weighted by Gasteiger charge is -2.32. The van der Waals surface area contributed by atoms with Gasteiger partial charge in [-0.25, -0.2) is 0 Å². The van der Waals surface area contributed by atoms with Crippen molar-refractivity contribution < 1.29 is 9.72 Å². The number of rotatable bonds is 7. The number of nitro groups is 1. The Bertz CT molecular complexity index is 1220. The standard InChI is InChI=1S/C29H26N2O3P/c32-29-28(20-21-30(29)22-23-16-18-24(19-17-23)31(33)34)35(25-10-4-1-5-11-25,26-12-6-2-7-13-26)27-14-8-3-9-15-27/h1-19,28H,20-22H2/q+1/t28-/m1/s1. The van der Waals surface area contributed by atoms with Gasteiger partial charge in [0.25, 0.3) is 11.6 Å². The van der Waals surface area contributed by atoms with E-state index >= 15 is 0 Å². The van der Waals surface area contributed by atoms with E-state index in [1.54, 1.807) is 12.1 Å². The molecule has 1 amide bonds. The highest BCUT2D eigenvalue weighted by Gasteiger charge is 2.58. The van der Waals surface area contributed by atoms with Crippen LogP contribution in [0.5, 0.6) is 0 Å². The van der Waals surface area contributed by atoms with E-state index in [2.05, 4.69) is 72.8 Å². The summed E-state index contributed by atoms with van der Waals surface area (Å²) in [7, 11) is -2.30. The summed E-state index contributed by atoms with van der Waals surface area (Å²) in [6.07, 6.45) is 0.762. The molecular weight excluding hydrogens is 455 g/mol. The van der Waals surface area contributed by atoms with Crippen LogP contribution in [0.1, 0.15) is 12.0 Å². The molecule has 35 heavy (non-hydrogen) atoms. The molecule has 0 N–H and O–H groups in total. The van der Waals surface area contributed by atoms with Gasteiger partial charge in [0.05, 0.1) is 4.92 Å². The molecule has 4 aromatic carbocycles. The molecular formula is C29H26N2O3P+. The third-order valence-corrected chi connectivity index (χ3v) is 11.5. The third kappa shape index (κ3) is 4.24. The van der Waals surface area contributed by atoms with Crippen LogP contribution in [0.25, 0.3) is 0 Å². The molecule has 1 aliphatic rings. The monoisotopic (exact) mass is 481 g/mol. The van der Waals surface area contributed by atoms with Crippen molar-refractivity contribution in [1.82, 2.24) is 4.90 Å². The van der Waals surface area contributed by atoms with Crippen molar-refractivity contribution in [2.24, 2.45) is 0 Å². The molecule has 174 valence electrons. The lowest BCUT2D eigenvalue weighted by atomic mass is 10.2. The van der Waals surface area contributed by atoms with Crippen molar-refractivity contribution in [2.45, 2.75) is 18.6 Å². The number of carbonyl (C=O) groups is 1. The fourth-order valence-corrected chi connectivity index (χ4v) is 10.1. The lowest BCUT2D eigenvalue weighted by Crippen LogP contribution is -2.42. The summed E-state index contributed by atoms with van der Waals surface area (Å²) < 4.78 is 0. The minimum absolute atomic E-state index is 0.0570. The zero-order valence-electron chi connectivity index (χ0n) is 19.2. The SMILES string of the molecule is O=C1[C@H]([P+](c2ccccc2)(c2ccccc2)c2ccccc2)CCN1Cc1ccc([N+](=O)[O-])cc1. The van der Waals surface area contributed by atoms with Crippen molar-refractivity contribution in [3.05, 3.63) is 131 Å². The van der Waals surface area contributed by atoms with E-state index in [0.29, 0.717) is 13.1 Å². The number of hydrogen-bond donors (Lipinski definition) is 0. The number of carbonyl (C=O) groups excluding carboxylic acids is 1. The maximum Gasteiger partial charge on any atom is 0.269 e. The van der Waals surface area contributed by atoms with Gasteiger partial charge in [-0.15, -0.1) is 0 Å². The van der Waals surface area contributed by atoms with Crippen LogP contribution in [-0.2, 0) is 11.3 Å². The molecule has 1 heterocycles. The first kappa shape index (κ1) is 22.9. The van der Waals surface area contributed by atoms with Gasteiger partial charge in [-0.1, -0.05) is 66.7 Å². The fraction of sp³-hybridized carbons (Fsp3) is 0.138. The van der Waals surface area contributed by atoms with Crippen molar-refractivity contribution in [3.8, 4) is 0 Å². The van der Waals surface area contributed by atoms with E-state index in [0.717, 1.165) is 12.0 Å². The van der Waals surface area contributed by atoms with Crippen LogP contribution < -0.4 is 15.9 Å². The number of nitro benzene ring substituents is 1. The first-order valence-corrected chi connectivity index (χ1v) is 13.5. The Kier molecular flexibility index (Phi) is 6.43. The summed E-state index contributed by atoms with van der Waals surface area (Å²) in [6.45, 7) is 1.11. The summed E-state index contributed by atoms with van der Waals surface area (Å²) >= 11 is 0. The van der Waals surface area contributed by atoms with E-state index in [1.165, 1.54) is 28.0 Å². The minimum atomic E-state index is -2.30. The van der Waals surface area contributed by atoms with Crippen LogP contribution in [0.3, 0.4) is 0 Å². The molecule has 1 atom stereocenters. The second-order valence-electron chi connectivity index (χ2n) is 8.72. The van der Waals surface area contributed by atoms with Gasteiger partial charge in [0.15, 0.2) is 5.66 Å². The van der Waals surface area contributed by atoms with E-state index in [9.17, 15) is 14.9 Å². The van der Waals surface area contributed by atoms with Gasteiger partial charge in [-0.05, 0) is 42.0 Å². The predicted octanol–water partition coefficient (Wildman–Crippen LogP) is 4.69. The van der Waals surface area contributed by atoms with Gasteiger partial charge in [-0.3, -0.25) is 14.9 Å². The Balaban J connectivity index is 1.58. The smallest absolute Gasteiger partial charge is 0.269 e. The predicted molar refractivity (Wildman–Crippen MR) is 142 cm³/mol. The Morgan fingerprint density at radius 3 is 1.63 bits per heavy atom. The van der Waals surface area contributed by atoms with Gasteiger partial charge in [0.2, 0.25) is 0 Å². The number of amides is 1. The number of hydrogen-bond acceptors (Lipinski definition) is 3. The zero-order chi connectivity index (χ0) is 24.3. The Morgan fingerprint density at radius 2 is 1.20 bits per heavy atom. The topological polar surface area (TPSA) is 63.5 Å². The first-order chi connectivity index (χ1) is 17.1. The molecule has 0 radical (unpaired) electrons. The highest BCUT2D eigenvalue weighted by Crippen LogP contribution is 2.62. The van der Waals surface area contributed by atoms with Crippen molar-refractivity contribution in [1.29, 1.82) is 0 Å². The van der Waals surface area contributed by atoms with E-state index in [-0.39, 0.29) is 17.3 Å². The van der Waals surface area contributed by atoms with E-state index in [4.69, 9.17) is 0 Å². The van der Waals surface area contributed by atoms with Crippen LogP contribution in [0, 0.1) is 10.1 Å². The molecule has 0 aromatic heterocycles. The second-order valence-corrected chi connectivity index (χ2v) is 12.3. The van der Waals surface area contributed by atoms with Crippen molar-refractivity contribution >= 4 is 34.8 Å². The average molecular weight is 482 g/mol. The summed E-state index contributed by atoms with van der Waals surface area (Å²) in [5.74, 6) is 0.147. The summed E-state index contributed by atoms with van der Waals surface area (Å²) in [6, 6.07) is 37.9.